The Balaban J connectivity index is 2.62. The number of rotatable bonds is 3. The Bertz CT molecular complexity index is 662. The Morgan fingerprint density at radius 2 is 1.79 bits per heavy atom. The number of methoxy groups -OCH3 is 2. The molecule has 0 fully saturated rings. The lowest BCUT2D eigenvalue weighted by molar-refractivity contribution is 0.355. The van der Waals surface area contributed by atoms with Gasteiger partial charge in [0.15, 0.2) is 11.5 Å². The first-order chi connectivity index (χ1) is 9.06. The van der Waals surface area contributed by atoms with Crippen molar-refractivity contribution in [3.63, 3.8) is 0 Å². The lowest BCUT2D eigenvalue weighted by Gasteiger charge is -2.11. The standard InChI is InChI=1S/C14H16N2O3/c1-8-6-10(13(15)14(17)16-8)9-4-5-11(18-2)12(7-9)19-3/h4-7H,15H2,1-3H3,(H,16,17). The van der Waals surface area contributed by atoms with Gasteiger partial charge in [-0.25, -0.2) is 0 Å². The minimum atomic E-state index is -0.287. The summed E-state index contributed by atoms with van der Waals surface area (Å²) < 4.78 is 10.4. The summed E-state index contributed by atoms with van der Waals surface area (Å²) in [6.07, 6.45) is 0. The fraction of sp³-hybridized carbons (Fsp3) is 0.214. The van der Waals surface area contributed by atoms with Gasteiger partial charge in [0.2, 0.25) is 0 Å². The van der Waals surface area contributed by atoms with Crippen LogP contribution in [0, 0.1) is 6.92 Å². The zero-order chi connectivity index (χ0) is 14.0. The van der Waals surface area contributed by atoms with Crippen molar-refractivity contribution < 1.29 is 9.47 Å². The highest BCUT2D eigenvalue weighted by Crippen LogP contribution is 2.33. The number of anilines is 1. The van der Waals surface area contributed by atoms with E-state index in [2.05, 4.69) is 4.98 Å². The van der Waals surface area contributed by atoms with Crippen molar-refractivity contribution in [1.82, 2.24) is 4.98 Å². The molecular formula is C14H16N2O3. The number of aromatic nitrogens is 1. The molecule has 19 heavy (non-hydrogen) atoms. The number of ether oxygens (including phenoxy) is 2. The number of aromatic amines is 1. The molecule has 3 N–H and O–H groups in total. The van der Waals surface area contributed by atoms with Gasteiger partial charge < -0.3 is 20.2 Å². The van der Waals surface area contributed by atoms with Crippen molar-refractivity contribution in [1.29, 1.82) is 0 Å². The number of hydrogen-bond donors (Lipinski definition) is 2. The normalized spacial score (nSPS) is 10.3. The summed E-state index contributed by atoms with van der Waals surface area (Å²) in [6, 6.07) is 7.25. The first-order valence-corrected chi connectivity index (χ1v) is 5.78. The molecule has 0 saturated heterocycles. The SMILES string of the molecule is COc1ccc(-c2cc(C)[nH]c(=O)c2N)cc1OC. The average molecular weight is 260 g/mol. The molecule has 0 saturated carbocycles. The Labute approximate surface area is 111 Å². The van der Waals surface area contributed by atoms with Gasteiger partial charge in [0, 0.05) is 11.3 Å². The minimum Gasteiger partial charge on any atom is -0.493 e. The van der Waals surface area contributed by atoms with Crippen LogP contribution in [0.4, 0.5) is 5.69 Å². The Morgan fingerprint density at radius 1 is 1.11 bits per heavy atom. The van der Waals surface area contributed by atoms with Crippen molar-refractivity contribution in [3.8, 4) is 22.6 Å². The monoisotopic (exact) mass is 260 g/mol. The summed E-state index contributed by atoms with van der Waals surface area (Å²) in [5.74, 6) is 1.23. The summed E-state index contributed by atoms with van der Waals surface area (Å²) in [6.45, 7) is 1.81. The highest BCUT2D eigenvalue weighted by molar-refractivity contribution is 5.77. The molecule has 0 spiro atoms. The van der Waals surface area contributed by atoms with Crippen LogP contribution in [0.15, 0.2) is 29.1 Å². The van der Waals surface area contributed by atoms with E-state index in [1.165, 1.54) is 0 Å². The molecule has 5 nitrogen and oxygen atoms in total. The molecule has 0 aliphatic carbocycles. The molecule has 5 heteroatoms. The van der Waals surface area contributed by atoms with E-state index < -0.39 is 0 Å². The van der Waals surface area contributed by atoms with Crippen LogP contribution in [0.25, 0.3) is 11.1 Å². The van der Waals surface area contributed by atoms with Gasteiger partial charge in [-0.2, -0.15) is 0 Å². The molecule has 0 radical (unpaired) electrons. The lowest BCUT2D eigenvalue weighted by atomic mass is 10.0. The maximum atomic E-state index is 11.7. The van der Waals surface area contributed by atoms with Gasteiger partial charge in [0.05, 0.1) is 14.2 Å². The molecule has 1 heterocycles. The number of benzene rings is 1. The molecule has 0 aliphatic rings. The van der Waals surface area contributed by atoms with E-state index in [-0.39, 0.29) is 11.2 Å². The highest BCUT2D eigenvalue weighted by atomic mass is 16.5. The third-order valence-corrected chi connectivity index (χ3v) is 2.90. The van der Waals surface area contributed by atoms with E-state index in [1.54, 1.807) is 26.4 Å². The van der Waals surface area contributed by atoms with Crippen LogP contribution in [-0.2, 0) is 0 Å². The van der Waals surface area contributed by atoms with E-state index in [0.717, 1.165) is 11.3 Å². The smallest absolute Gasteiger partial charge is 0.271 e. The largest absolute Gasteiger partial charge is 0.493 e. The maximum absolute atomic E-state index is 11.7. The predicted molar refractivity (Wildman–Crippen MR) is 74.8 cm³/mol. The molecular weight excluding hydrogens is 244 g/mol. The maximum Gasteiger partial charge on any atom is 0.271 e. The molecule has 0 aliphatic heterocycles. The number of nitrogens with one attached hydrogen (secondary N) is 1. The van der Waals surface area contributed by atoms with Crippen molar-refractivity contribution >= 4 is 5.69 Å². The van der Waals surface area contributed by atoms with Gasteiger partial charge in [-0.3, -0.25) is 4.79 Å². The Morgan fingerprint density at radius 3 is 2.42 bits per heavy atom. The molecule has 2 aromatic rings. The first kappa shape index (κ1) is 13.0. The number of pyridine rings is 1. The average Bonchev–Trinajstić information content (AvgIpc) is 2.42. The summed E-state index contributed by atoms with van der Waals surface area (Å²) in [5, 5.41) is 0. The molecule has 1 aromatic heterocycles. The quantitative estimate of drug-likeness (QED) is 0.884. The zero-order valence-electron chi connectivity index (χ0n) is 11.1. The van der Waals surface area contributed by atoms with Crippen molar-refractivity contribution in [2.45, 2.75) is 6.92 Å². The van der Waals surface area contributed by atoms with Gasteiger partial charge in [0.25, 0.3) is 5.56 Å². The number of nitrogens with two attached hydrogens (primary N) is 1. The van der Waals surface area contributed by atoms with Gasteiger partial charge in [-0.05, 0) is 30.7 Å². The second-order valence-corrected chi connectivity index (χ2v) is 4.18. The molecule has 1 aromatic carbocycles. The molecule has 0 amide bonds. The molecule has 0 bridgehead atoms. The number of H-pyrrole nitrogens is 1. The lowest BCUT2D eigenvalue weighted by Crippen LogP contribution is -2.13. The zero-order valence-corrected chi connectivity index (χ0v) is 11.1. The van der Waals surface area contributed by atoms with Crippen LogP contribution < -0.4 is 20.8 Å². The van der Waals surface area contributed by atoms with Gasteiger partial charge >= 0.3 is 0 Å². The second kappa shape index (κ2) is 5.06. The topological polar surface area (TPSA) is 77.3 Å². The van der Waals surface area contributed by atoms with Crippen LogP contribution in [0.3, 0.4) is 0 Å². The van der Waals surface area contributed by atoms with Crippen molar-refractivity contribution in [2.24, 2.45) is 0 Å². The Hall–Kier alpha value is -2.43. The summed E-state index contributed by atoms with van der Waals surface area (Å²) >= 11 is 0. The van der Waals surface area contributed by atoms with Crippen LogP contribution in [0.1, 0.15) is 5.69 Å². The highest BCUT2D eigenvalue weighted by Gasteiger charge is 2.10. The molecule has 0 atom stereocenters. The third-order valence-electron chi connectivity index (χ3n) is 2.90. The molecule has 2 rings (SSSR count). The fourth-order valence-electron chi connectivity index (χ4n) is 1.94. The number of hydrogen-bond acceptors (Lipinski definition) is 4. The van der Waals surface area contributed by atoms with Gasteiger partial charge in [-0.15, -0.1) is 0 Å². The summed E-state index contributed by atoms with van der Waals surface area (Å²) in [7, 11) is 3.14. The van der Waals surface area contributed by atoms with Crippen LogP contribution >= 0.6 is 0 Å². The van der Waals surface area contributed by atoms with E-state index in [0.29, 0.717) is 17.1 Å². The van der Waals surface area contributed by atoms with Crippen LogP contribution in [0.2, 0.25) is 0 Å². The van der Waals surface area contributed by atoms with E-state index in [1.807, 2.05) is 19.1 Å². The molecule has 100 valence electrons. The van der Waals surface area contributed by atoms with Crippen LogP contribution in [-0.4, -0.2) is 19.2 Å². The predicted octanol–water partition coefficient (Wildman–Crippen LogP) is 1.95. The van der Waals surface area contributed by atoms with E-state index >= 15 is 0 Å². The van der Waals surface area contributed by atoms with Crippen molar-refractivity contribution in [2.75, 3.05) is 20.0 Å². The van der Waals surface area contributed by atoms with Crippen molar-refractivity contribution in [3.05, 3.63) is 40.3 Å². The first-order valence-electron chi connectivity index (χ1n) is 5.78. The van der Waals surface area contributed by atoms with E-state index in [4.69, 9.17) is 15.2 Å². The third kappa shape index (κ3) is 2.40. The fourth-order valence-corrected chi connectivity index (χ4v) is 1.94. The van der Waals surface area contributed by atoms with Gasteiger partial charge in [0.1, 0.15) is 5.69 Å². The molecule has 0 unspecified atom stereocenters. The minimum absolute atomic E-state index is 0.192. The summed E-state index contributed by atoms with van der Waals surface area (Å²) in [5.41, 5.74) is 7.98. The van der Waals surface area contributed by atoms with E-state index in [9.17, 15) is 4.79 Å². The van der Waals surface area contributed by atoms with Crippen LogP contribution in [0.5, 0.6) is 11.5 Å². The Kier molecular flexibility index (Phi) is 3.46. The summed E-state index contributed by atoms with van der Waals surface area (Å²) in [4.78, 5) is 14.3. The van der Waals surface area contributed by atoms with Gasteiger partial charge in [-0.1, -0.05) is 6.07 Å². The number of aryl methyl sites for hydroxylation is 1. The second-order valence-electron chi connectivity index (χ2n) is 4.18. The number of nitrogen functional groups attached to an aromatic ring is 1.